The van der Waals surface area contributed by atoms with Gasteiger partial charge in [0.25, 0.3) is 5.91 Å². The lowest BCUT2D eigenvalue weighted by Gasteiger charge is -2.41. The van der Waals surface area contributed by atoms with E-state index in [1.54, 1.807) is 6.07 Å². The van der Waals surface area contributed by atoms with Crippen LogP contribution in [0.5, 0.6) is 0 Å². The Bertz CT molecular complexity index is 807. The Morgan fingerprint density at radius 3 is 2.70 bits per heavy atom. The van der Waals surface area contributed by atoms with Crippen molar-refractivity contribution in [1.29, 1.82) is 0 Å². The van der Waals surface area contributed by atoms with E-state index >= 15 is 0 Å². The van der Waals surface area contributed by atoms with Crippen LogP contribution < -0.4 is 15.5 Å². The first-order valence-electron chi connectivity index (χ1n) is 9.97. The predicted octanol–water partition coefficient (Wildman–Crippen LogP) is 1.34. The zero-order valence-corrected chi connectivity index (χ0v) is 18.7. The third-order valence-corrected chi connectivity index (χ3v) is 5.85. The molecule has 10 heteroatoms. The van der Waals surface area contributed by atoms with E-state index in [4.69, 9.17) is 0 Å². The summed E-state index contributed by atoms with van der Waals surface area (Å²) in [6.45, 7) is 3.78. The molecule has 3 amide bonds. The monoisotopic (exact) mass is 457 g/mol. The van der Waals surface area contributed by atoms with Gasteiger partial charge in [0, 0.05) is 57.8 Å². The molecule has 30 heavy (non-hydrogen) atoms. The van der Waals surface area contributed by atoms with Gasteiger partial charge < -0.3 is 25.3 Å². The van der Waals surface area contributed by atoms with Crippen molar-refractivity contribution < 1.29 is 14.4 Å². The summed E-state index contributed by atoms with van der Waals surface area (Å²) in [6, 6.07) is 5.58. The highest BCUT2D eigenvalue weighted by atomic mass is 35.5. The lowest BCUT2D eigenvalue weighted by atomic mass is 10.0. The number of amides is 3. The number of fused-ring (bicyclic) bond motifs is 1. The number of hydrogen-bond acceptors (Lipinski definition) is 5. The van der Waals surface area contributed by atoms with Crippen molar-refractivity contribution in [2.24, 2.45) is 0 Å². The molecule has 2 saturated heterocycles. The summed E-state index contributed by atoms with van der Waals surface area (Å²) in [4.78, 5) is 43.1. The van der Waals surface area contributed by atoms with Crippen molar-refractivity contribution >= 4 is 53.9 Å². The number of halogens is 2. The van der Waals surface area contributed by atoms with Crippen molar-refractivity contribution in [3.05, 3.63) is 23.8 Å². The number of piperazine rings is 1. The van der Waals surface area contributed by atoms with Crippen LogP contribution in [0.25, 0.3) is 0 Å². The maximum absolute atomic E-state index is 13.1. The first-order chi connectivity index (χ1) is 13.5. The number of benzene rings is 1. The van der Waals surface area contributed by atoms with Gasteiger partial charge in [-0.05, 0) is 31.0 Å². The van der Waals surface area contributed by atoms with Gasteiger partial charge >= 0.3 is 0 Å². The SMILES string of the molecule is CN1CCC(=O)Nc2cc(C(=O)N3CCCC(N4CCNCC4=O)C3)ccc21.Cl.Cl. The topological polar surface area (TPSA) is 85.0 Å². The molecule has 3 heterocycles. The zero-order valence-electron chi connectivity index (χ0n) is 17.1. The molecule has 0 spiro atoms. The fraction of sp³-hybridized carbons (Fsp3) is 0.550. The number of rotatable bonds is 2. The summed E-state index contributed by atoms with van der Waals surface area (Å²) in [5.74, 6) is 0.0306. The summed E-state index contributed by atoms with van der Waals surface area (Å²) < 4.78 is 0. The highest BCUT2D eigenvalue weighted by Crippen LogP contribution is 2.30. The van der Waals surface area contributed by atoms with Gasteiger partial charge in [0.15, 0.2) is 0 Å². The molecule has 1 aromatic carbocycles. The van der Waals surface area contributed by atoms with Crippen molar-refractivity contribution in [1.82, 2.24) is 15.1 Å². The van der Waals surface area contributed by atoms with Crippen molar-refractivity contribution in [2.45, 2.75) is 25.3 Å². The smallest absolute Gasteiger partial charge is 0.254 e. The van der Waals surface area contributed by atoms with Crippen LogP contribution in [0.15, 0.2) is 18.2 Å². The molecular weight excluding hydrogens is 429 g/mol. The average molecular weight is 458 g/mol. The van der Waals surface area contributed by atoms with Gasteiger partial charge in [-0.2, -0.15) is 0 Å². The molecule has 0 aliphatic carbocycles. The van der Waals surface area contributed by atoms with Crippen LogP contribution in [-0.2, 0) is 9.59 Å². The second-order valence-electron chi connectivity index (χ2n) is 7.76. The average Bonchev–Trinajstić information content (AvgIpc) is 2.85. The third-order valence-electron chi connectivity index (χ3n) is 5.85. The van der Waals surface area contributed by atoms with Gasteiger partial charge in [0.05, 0.1) is 17.9 Å². The molecule has 1 atom stereocenters. The van der Waals surface area contributed by atoms with E-state index in [0.717, 1.165) is 25.1 Å². The number of hydrogen-bond donors (Lipinski definition) is 2. The highest BCUT2D eigenvalue weighted by Gasteiger charge is 2.32. The Morgan fingerprint density at radius 1 is 1.13 bits per heavy atom. The zero-order chi connectivity index (χ0) is 19.7. The van der Waals surface area contributed by atoms with Gasteiger partial charge in [-0.25, -0.2) is 0 Å². The number of anilines is 2. The fourth-order valence-corrected chi connectivity index (χ4v) is 4.29. The molecular formula is C20H29Cl2N5O3. The maximum atomic E-state index is 13.1. The molecule has 1 aromatic rings. The van der Waals surface area contributed by atoms with Gasteiger partial charge in [-0.15, -0.1) is 24.8 Å². The van der Waals surface area contributed by atoms with Crippen molar-refractivity contribution in [2.75, 3.05) is 56.5 Å². The van der Waals surface area contributed by atoms with Crippen LogP contribution >= 0.6 is 24.8 Å². The number of carbonyl (C=O) groups is 3. The van der Waals surface area contributed by atoms with Crippen LogP contribution in [-0.4, -0.2) is 79.9 Å². The molecule has 3 aliphatic heterocycles. The minimum Gasteiger partial charge on any atom is -0.372 e. The number of nitrogens with zero attached hydrogens (tertiary/aromatic N) is 3. The molecule has 0 radical (unpaired) electrons. The summed E-state index contributed by atoms with van der Waals surface area (Å²) in [5.41, 5.74) is 2.17. The van der Waals surface area contributed by atoms with Crippen LogP contribution in [0.3, 0.4) is 0 Å². The molecule has 0 bridgehead atoms. The second-order valence-corrected chi connectivity index (χ2v) is 7.76. The number of likely N-dealkylation sites (tertiary alicyclic amines) is 1. The van der Waals surface area contributed by atoms with Gasteiger partial charge in [-0.1, -0.05) is 0 Å². The highest BCUT2D eigenvalue weighted by molar-refractivity contribution is 6.01. The summed E-state index contributed by atoms with van der Waals surface area (Å²) in [7, 11) is 1.94. The fourth-order valence-electron chi connectivity index (χ4n) is 4.29. The van der Waals surface area contributed by atoms with E-state index in [9.17, 15) is 14.4 Å². The molecule has 8 nitrogen and oxygen atoms in total. The van der Waals surface area contributed by atoms with Gasteiger partial charge in [-0.3, -0.25) is 14.4 Å². The first kappa shape index (κ1) is 24.2. The maximum Gasteiger partial charge on any atom is 0.254 e. The predicted molar refractivity (Wildman–Crippen MR) is 121 cm³/mol. The van der Waals surface area contributed by atoms with E-state index in [2.05, 4.69) is 10.6 Å². The molecule has 0 aromatic heterocycles. The molecule has 4 rings (SSSR count). The summed E-state index contributed by atoms with van der Waals surface area (Å²) in [5, 5.41) is 6.00. The quantitative estimate of drug-likeness (QED) is 0.699. The van der Waals surface area contributed by atoms with Crippen molar-refractivity contribution in [3.8, 4) is 0 Å². The molecule has 2 N–H and O–H groups in total. The number of piperidine rings is 1. The molecule has 2 fully saturated rings. The minimum atomic E-state index is -0.0452. The van der Waals surface area contributed by atoms with Crippen molar-refractivity contribution in [3.63, 3.8) is 0 Å². The Balaban J connectivity index is 0.00000160. The van der Waals surface area contributed by atoms with E-state index in [1.807, 2.05) is 33.9 Å². The lowest BCUT2D eigenvalue weighted by molar-refractivity contribution is -0.135. The molecule has 3 aliphatic rings. The van der Waals surface area contributed by atoms with Gasteiger partial charge in [0.1, 0.15) is 0 Å². The van der Waals surface area contributed by atoms with E-state index < -0.39 is 0 Å². The van der Waals surface area contributed by atoms with Gasteiger partial charge in [0.2, 0.25) is 11.8 Å². The minimum absolute atomic E-state index is 0. The normalized spacial score (nSPS) is 21.6. The van der Waals surface area contributed by atoms with Crippen LogP contribution in [0.4, 0.5) is 11.4 Å². The standard InChI is InChI=1S/C20H27N5O3.2ClH/c1-23-9-6-18(26)22-16-11-14(4-5-17(16)23)20(28)24-8-2-3-15(13-24)25-10-7-21-12-19(25)27;;/h4-5,11,15,21H,2-3,6-10,12-13H2,1H3,(H,22,26);2*1H. The Hall–Kier alpha value is -2.03. The molecule has 0 saturated carbocycles. The van der Waals surface area contributed by atoms with E-state index in [1.165, 1.54) is 0 Å². The number of nitrogens with one attached hydrogen (secondary N) is 2. The second kappa shape index (κ2) is 10.3. The number of carbonyl (C=O) groups excluding carboxylic acids is 3. The third kappa shape index (κ3) is 4.99. The van der Waals surface area contributed by atoms with Crippen LogP contribution in [0.1, 0.15) is 29.6 Å². The summed E-state index contributed by atoms with van der Waals surface area (Å²) >= 11 is 0. The Morgan fingerprint density at radius 2 is 1.93 bits per heavy atom. The van der Waals surface area contributed by atoms with Crippen LogP contribution in [0, 0.1) is 0 Å². The summed E-state index contributed by atoms with van der Waals surface area (Å²) in [6.07, 6.45) is 2.25. The lowest BCUT2D eigenvalue weighted by Crippen LogP contribution is -2.57. The van der Waals surface area contributed by atoms with E-state index in [-0.39, 0.29) is 48.6 Å². The Kier molecular flexibility index (Phi) is 8.34. The largest absolute Gasteiger partial charge is 0.372 e. The first-order valence-corrected chi connectivity index (χ1v) is 9.97. The molecule has 166 valence electrons. The molecule has 1 unspecified atom stereocenters. The van der Waals surface area contributed by atoms with E-state index in [0.29, 0.717) is 50.4 Å². The Labute approximate surface area is 189 Å². The van der Waals surface area contributed by atoms with Crippen LogP contribution in [0.2, 0.25) is 0 Å².